The van der Waals surface area contributed by atoms with E-state index in [1.807, 2.05) is 0 Å². The Hall–Kier alpha value is -0.420. The first-order valence-electron chi connectivity index (χ1n) is 7.08. The van der Waals surface area contributed by atoms with Crippen LogP contribution in [-0.2, 0) is 9.47 Å². The highest BCUT2D eigenvalue weighted by atomic mass is 16.5. The molecule has 1 atom stereocenters. The van der Waals surface area contributed by atoms with Crippen molar-refractivity contribution in [1.29, 1.82) is 0 Å². The van der Waals surface area contributed by atoms with Crippen molar-refractivity contribution in [2.24, 2.45) is 0 Å². The zero-order valence-corrected chi connectivity index (χ0v) is 11.7. The van der Waals surface area contributed by atoms with Crippen LogP contribution in [0.5, 0.6) is 0 Å². The molecule has 0 aromatic rings. The van der Waals surface area contributed by atoms with Crippen LogP contribution in [0, 0.1) is 0 Å². The van der Waals surface area contributed by atoms with Crippen molar-refractivity contribution >= 4 is 0 Å². The Morgan fingerprint density at radius 2 is 1.61 bits per heavy atom. The van der Waals surface area contributed by atoms with Crippen LogP contribution < -0.4 is 0 Å². The summed E-state index contributed by atoms with van der Waals surface area (Å²) in [6.45, 7) is 13.3. The van der Waals surface area contributed by atoms with E-state index in [1.165, 1.54) is 5.57 Å². The van der Waals surface area contributed by atoms with Crippen molar-refractivity contribution in [2.75, 3.05) is 59.2 Å². The topological polar surface area (TPSA) is 24.9 Å². The van der Waals surface area contributed by atoms with Crippen LogP contribution in [0.3, 0.4) is 0 Å². The molecule has 18 heavy (non-hydrogen) atoms. The van der Waals surface area contributed by atoms with Gasteiger partial charge in [-0.15, -0.1) is 0 Å². The van der Waals surface area contributed by atoms with Gasteiger partial charge in [0.25, 0.3) is 0 Å². The zero-order chi connectivity index (χ0) is 12.8. The molecule has 0 N–H and O–H groups in total. The molecule has 1 unspecified atom stereocenters. The third-order valence-corrected chi connectivity index (χ3v) is 4.01. The summed E-state index contributed by atoms with van der Waals surface area (Å²) in [5, 5.41) is 0. The number of morpholine rings is 2. The average Bonchev–Trinajstić information content (AvgIpc) is 2.46. The first-order valence-corrected chi connectivity index (χ1v) is 7.08. The summed E-state index contributed by atoms with van der Waals surface area (Å²) in [4.78, 5) is 5.02. The van der Waals surface area contributed by atoms with Crippen molar-refractivity contribution in [3.8, 4) is 0 Å². The quantitative estimate of drug-likeness (QED) is 0.698. The van der Waals surface area contributed by atoms with Crippen LogP contribution in [0.4, 0.5) is 0 Å². The van der Waals surface area contributed by atoms with E-state index in [0.717, 1.165) is 59.2 Å². The molecule has 2 saturated heterocycles. The molecule has 0 bridgehead atoms. The maximum atomic E-state index is 5.43. The van der Waals surface area contributed by atoms with Gasteiger partial charge in [0.05, 0.1) is 26.4 Å². The molecule has 0 amide bonds. The van der Waals surface area contributed by atoms with Gasteiger partial charge >= 0.3 is 0 Å². The molecule has 0 radical (unpaired) electrons. The van der Waals surface area contributed by atoms with E-state index in [1.54, 1.807) is 0 Å². The van der Waals surface area contributed by atoms with Crippen LogP contribution in [0.25, 0.3) is 0 Å². The number of hydrogen-bond acceptors (Lipinski definition) is 4. The van der Waals surface area contributed by atoms with Gasteiger partial charge < -0.3 is 9.47 Å². The van der Waals surface area contributed by atoms with Crippen LogP contribution in [0.1, 0.15) is 13.8 Å². The van der Waals surface area contributed by atoms with Gasteiger partial charge in [-0.1, -0.05) is 6.08 Å². The fourth-order valence-electron chi connectivity index (χ4n) is 2.68. The Bertz CT molecular complexity index is 269. The Morgan fingerprint density at radius 1 is 1.06 bits per heavy atom. The lowest BCUT2D eigenvalue weighted by molar-refractivity contribution is 0.0210. The van der Waals surface area contributed by atoms with Gasteiger partial charge in [-0.05, 0) is 19.4 Å². The Kier molecular flexibility index (Phi) is 5.63. The highest BCUT2D eigenvalue weighted by Gasteiger charge is 2.21. The summed E-state index contributed by atoms with van der Waals surface area (Å²) < 4.78 is 10.8. The first kappa shape index (κ1) is 14.0. The minimum Gasteiger partial charge on any atom is -0.379 e. The first-order chi connectivity index (χ1) is 8.81. The molecule has 104 valence electrons. The zero-order valence-electron chi connectivity index (χ0n) is 11.7. The largest absolute Gasteiger partial charge is 0.379 e. The van der Waals surface area contributed by atoms with Gasteiger partial charge in [0.15, 0.2) is 0 Å². The maximum absolute atomic E-state index is 5.43. The summed E-state index contributed by atoms with van der Waals surface area (Å²) in [7, 11) is 0. The average molecular weight is 254 g/mol. The standard InChI is InChI=1S/C14H26N2O2/c1-3-14(12-15-4-8-17-9-5-15)13(2)16-6-10-18-11-7-16/h3,13H,4-12H2,1-2H3. The predicted molar refractivity (Wildman–Crippen MR) is 72.9 cm³/mol. The molecule has 0 aromatic heterocycles. The van der Waals surface area contributed by atoms with Gasteiger partial charge in [0.1, 0.15) is 0 Å². The molecule has 2 aliphatic heterocycles. The monoisotopic (exact) mass is 254 g/mol. The lowest BCUT2D eigenvalue weighted by Crippen LogP contribution is -2.46. The van der Waals surface area contributed by atoms with E-state index in [-0.39, 0.29) is 0 Å². The highest BCUT2D eigenvalue weighted by molar-refractivity contribution is 5.11. The molecule has 2 heterocycles. The second-order valence-corrected chi connectivity index (χ2v) is 5.08. The van der Waals surface area contributed by atoms with E-state index in [2.05, 4.69) is 29.7 Å². The number of rotatable bonds is 4. The molecule has 0 aliphatic carbocycles. The summed E-state index contributed by atoms with van der Waals surface area (Å²) in [6, 6.07) is 0.529. The van der Waals surface area contributed by atoms with Gasteiger partial charge in [-0.25, -0.2) is 0 Å². The minimum atomic E-state index is 0.529. The van der Waals surface area contributed by atoms with E-state index >= 15 is 0 Å². The third-order valence-electron chi connectivity index (χ3n) is 4.01. The summed E-state index contributed by atoms with van der Waals surface area (Å²) in [5.74, 6) is 0. The van der Waals surface area contributed by atoms with Crippen LogP contribution >= 0.6 is 0 Å². The van der Waals surface area contributed by atoms with Gasteiger partial charge in [-0.2, -0.15) is 0 Å². The maximum Gasteiger partial charge on any atom is 0.0594 e. The molecule has 4 nitrogen and oxygen atoms in total. The van der Waals surface area contributed by atoms with Crippen LogP contribution in [0.15, 0.2) is 11.6 Å². The smallest absolute Gasteiger partial charge is 0.0594 e. The normalized spacial score (nSPS) is 26.2. The van der Waals surface area contributed by atoms with Crippen LogP contribution in [-0.4, -0.2) is 75.0 Å². The number of nitrogens with zero attached hydrogens (tertiary/aromatic N) is 2. The van der Waals surface area contributed by atoms with E-state index < -0.39 is 0 Å². The van der Waals surface area contributed by atoms with Gasteiger partial charge in [0.2, 0.25) is 0 Å². The van der Waals surface area contributed by atoms with Crippen molar-refractivity contribution in [3.63, 3.8) is 0 Å². The Morgan fingerprint density at radius 3 is 2.17 bits per heavy atom. The van der Waals surface area contributed by atoms with Crippen molar-refractivity contribution < 1.29 is 9.47 Å². The summed E-state index contributed by atoms with van der Waals surface area (Å²) in [5.41, 5.74) is 1.53. The molecule has 4 heteroatoms. The molecule has 2 rings (SSSR count). The summed E-state index contributed by atoms with van der Waals surface area (Å²) >= 11 is 0. The van der Waals surface area contributed by atoms with Crippen LogP contribution in [0.2, 0.25) is 0 Å². The van der Waals surface area contributed by atoms with E-state index in [4.69, 9.17) is 9.47 Å². The lowest BCUT2D eigenvalue weighted by atomic mass is 10.1. The summed E-state index contributed by atoms with van der Waals surface area (Å²) in [6.07, 6.45) is 2.29. The molecule has 0 saturated carbocycles. The van der Waals surface area contributed by atoms with Crippen molar-refractivity contribution in [1.82, 2.24) is 9.80 Å². The third kappa shape index (κ3) is 3.79. The molecule has 2 fully saturated rings. The minimum absolute atomic E-state index is 0.529. The number of allylic oxidation sites excluding steroid dienone is 1. The Labute approximate surface area is 111 Å². The molecule has 2 aliphatic rings. The molecular formula is C14H26N2O2. The molecule has 0 aromatic carbocycles. The molecular weight excluding hydrogens is 228 g/mol. The number of ether oxygens (including phenoxy) is 2. The SMILES string of the molecule is CC=C(CN1CCOCC1)C(C)N1CCOCC1. The second kappa shape index (κ2) is 7.24. The second-order valence-electron chi connectivity index (χ2n) is 5.08. The highest BCUT2D eigenvalue weighted by Crippen LogP contribution is 2.14. The fraction of sp³-hybridized carbons (Fsp3) is 0.857. The van der Waals surface area contributed by atoms with Gasteiger partial charge in [0, 0.05) is 38.8 Å². The molecule has 0 spiro atoms. The predicted octanol–water partition coefficient (Wildman–Crippen LogP) is 0.986. The fourth-order valence-corrected chi connectivity index (χ4v) is 2.68. The lowest BCUT2D eigenvalue weighted by Gasteiger charge is -2.36. The van der Waals surface area contributed by atoms with Crippen molar-refractivity contribution in [3.05, 3.63) is 11.6 Å². The number of hydrogen-bond donors (Lipinski definition) is 0. The Balaban J connectivity index is 1.86. The van der Waals surface area contributed by atoms with Gasteiger partial charge in [-0.3, -0.25) is 9.80 Å². The van der Waals surface area contributed by atoms with Crippen molar-refractivity contribution in [2.45, 2.75) is 19.9 Å². The van der Waals surface area contributed by atoms with E-state index in [9.17, 15) is 0 Å². The van der Waals surface area contributed by atoms with E-state index in [0.29, 0.717) is 6.04 Å².